The maximum Gasteiger partial charge on any atom is 0.181 e. The number of aryl methyl sites for hydroxylation is 1. The molecule has 0 aliphatic heterocycles. The lowest BCUT2D eigenvalue weighted by Crippen LogP contribution is -2.03. The van der Waals surface area contributed by atoms with Crippen molar-refractivity contribution in [2.75, 3.05) is 12.4 Å². The van der Waals surface area contributed by atoms with Crippen LogP contribution in [0.4, 0.5) is 5.69 Å². The minimum absolute atomic E-state index is 0.522. The Morgan fingerprint density at radius 1 is 1.00 bits per heavy atom. The molecule has 0 spiro atoms. The molecule has 0 atom stereocenters. The summed E-state index contributed by atoms with van der Waals surface area (Å²) in [6, 6.07) is 20.3. The summed E-state index contributed by atoms with van der Waals surface area (Å²) in [7, 11) is 1.93. The molecule has 0 bridgehead atoms. The molecule has 1 aromatic heterocycles. The number of aromatic nitrogens is 1. The zero-order valence-corrected chi connectivity index (χ0v) is 14.8. The smallest absolute Gasteiger partial charge is 0.181 e. The Labute approximate surface area is 152 Å². The van der Waals surface area contributed by atoms with Crippen LogP contribution in [0.25, 0.3) is 22.2 Å². The normalized spacial score (nSPS) is 10.8. The van der Waals surface area contributed by atoms with Gasteiger partial charge in [0, 0.05) is 18.3 Å². The fourth-order valence-corrected chi connectivity index (χ4v) is 3.09. The quantitative estimate of drug-likeness (QED) is 0.525. The largest absolute Gasteiger partial charge is 0.489 e. The number of ether oxygens (including phenoxy) is 1. The molecule has 3 aromatic carbocycles. The highest BCUT2D eigenvalue weighted by atomic mass is 16.5. The van der Waals surface area contributed by atoms with Gasteiger partial charge in [-0.05, 0) is 53.9 Å². The number of nitrogens with zero attached hydrogens (tertiary/aromatic N) is 1. The van der Waals surface area contributed by atoms with Gasteiger partial charge in [-0.25, -0.2) is 4.98 Å². The molecule has 0 fully saturated rings. The number of hydrogen-bond donors (Lipinski definition) is 1. The molecule has 1 heterocycles. The van der Waals surface area contributed by atoms with Crippen LogP contribution in [0.5, 0.6) is 5.75 Å². The van der Waals surface area contributed by atoms with Crippen molar-refractivity contribution in [2.45, 2.75) is 13.5 Å². The minimum Gasteiger partial charge on any atom is -0.489 e. The number of nitrogens with one attached hydrogen (secondary N) is 1. The molecule has 0 saturated carbocycles. The summed E-state index contributed by atoms with van der Waals surface area (Å²) >= 11 is 0. The second-order valence-corrected chi connectivity index (χ2v) is 6.20. The topological polar surface area (TPSA) is 47.3 Å². The summed E-state index contributed by atoms with van der Waals surface area (Å²) in [6.07, 6.45) is 1.47. The van der Waals surface area contributed by atoms with Gasteiger partial charge in [0.2, 0.25) is 0 Å². The van der Waals surface area contributed by atoms with Crippen LogP contribution >= 0.6 is 0 Å². The van der Waals surface area contributed by atoms with Crippen LogP contribution in [0.3, 0.4) is 0 Å². The molecule has 0 amide bonds. The van der Waals surface area contributed by atoms with E-state index < -0.39 is 0 Å². The van der Waals surface area contributed by atoms with Gasteiger partial charge in [0.15, 0.2) is 12.0 Å². The standard InChI is InChI=1S/C22H20N2O2/c1-15-5-3-8-20(23-2)19(15)13-25-18-7-4-6-16(11-18)17-9-10-22-21(12-17)24-14-26-22/h3-12,14,23H,13H2,1-2H3. The number of benzene rings is 3. The van der Waals surface area contributed by atoms with E-state index in [4.69, 9.17) is 9.15 Å². The number of hydrogen-bond acceptors (Lipinski definition) is 4. The van der Waals surface area contributed by atoms with Crippen molar-refractivity contribution in [3.8, 4) is 16.9 Å². The van der Waals surface area contributed by atoms with Crippen molar-refractivity contribution < 1.29 is 9.15 Å². The molecular weight excluding hydrogens is 324 g/mol. The zero-order chi connectivity index (χ0) is 17.9. The second kappa shape index (κ2) is 6.92. The van der Waals surface area contributed by atoms with E-state index in [1.54, 1.807) is 0 Å². The Bertz CT molecular complexity index is 1050. The molecule has 0 aliphatic rings. The lowest BCUT2D eigenvalue weighted by molar-refractivity contribution is 0.306. The number of anilines is 1. The van der Waals surface area contributed by atoms with Crippen LogP contribution in [-0.4, -0.2) is 12.0 Å². The highest BCUT2D eigenvalue weighted by Gasteiger charge is 2.07. The summed E-state index contributed by atoms with van der Waals surface area (Å²) in [4.78, 5) is 4.23. The highest BCUT2D eigenvalue weighted by Crippen LogP contribution is 2.28. The summed E-state index contributed by atoms with van der Waals surface area (Å²) in [5, 5.41) is 3.23. The monoisotopic (exact) mass is 344 g/mol. The van der Waals surface area contributed by atoms with Crippen molar-refractivity contribution >= 4 is 16.8 Å². The van der Waals surface area contributed by atoms with Gasteiger partial charge in [-0.15, -0.1) is 0 Å². The van der Waals surface area contributed by atoms with Crippen LogP contribution in [0.2, 0.25) is 0 Å². The van der Waals surface area contributed by atoms with Gasteiger partial charge in [0.25, 0.3) is 0 Å². The summed E-state index contributed by atoms with van der Waals surface area (Å²) in [5.74, 6) is 0.841. The molecule has 4 aromatic rings. The van der Waals surface area contributed by atoms with Crippen LogP contribution in [-0.2, 0) is 6.61 Å². The van der Waals surface area contributed by atoms with Gasteiger partial charge in [0.1, 0.15) is 17.9 Å². The Balaban J connectivity index is 1.58. The molecule has 0 aliphatic carbocycles. The summed E-state index contributed by atoms with van der Waals surface area (Å²) in [5.41, 5.74) is 7.30. The molecule has 130 valence electrons. The maximum absolute atomic E-state index is 6.08. The van der Waals surface area contributed by atoms with E-state index in [2.05, 4.69) is 41.5 Å². The first-order valence-corrected chi connectivity index (χ1v) is 8.57. The van der Waals surface area contributed by atoms with Crippen molar-refractivity contribution in [1.29, 1.82) is 0 Å². The molecule has 1 N–H and O–H groups in total. The van der Waals surface area contributed by atoms with E-state index in [0.29, 0.717) is 6.61 Å². The first kappa shape index (κ1) is 16.2. The third-order valence-corrected chi connectivity index (χ3v) is 4.56. The van der Waals surface area contributed by atoms with E-state index in [1.807, 2.05) is 43.4 Å². The van der Waals surface area contributed by atoms with E-state index in [1.165, 1.54) is 17.5 Å². The summed E-state index contributed by atoms with van der Waals surface area (Å²) < 4.78 is 11.4. The fourth-order valence-electron chi connectivity index (χ4n) is 3.09. The van der Waals surface area contributed by atoms with Crippen molar-refractivity contribution in [1.82, 2.24) is 4.98 Å². The lowest BCUT2D eigenvalue weighted by atomic mass is 10.0. The van der Waals surface area contributed by atoms with Crippen LogP contribution in [0, 0.1) is 6.92 Å². The Kier molecular flexibility index (Phi) is 4.32. The number of fused-ring (bicyclic) bond motifs is 1. The van der Waals surface area contributed by atoms with Gasteiger partial charge in [-0.1, -0.05) is 30.3 Å². The molecule has 4 nitrogen and oxygen atoms in total. The van der Waals surface area contributed by atoms with Crippen molar-refractivity contribution in [3.63, 3.8) is 0 Å². The average Bonchev–Trinajstić information content (AvgIpc) is 3.15. The Morgan fingerprint density at radius 2 is 1.85 bits per heavy atom. The van der Waals surface area contributed by atoms with Gasteiger partial charge in [0.05, 0.1) is 0 Å². The van der Waals surface area contributed by atoms with Crippen LogP contribution < -0.4 is 10.1 Å². The van der Waals surface area contributed by atoms with E-state index in [-0.39, 0.29) is 0 Å². The minimum atomic E-state index is 0.522. The van der Waals surface area contributed by atoms with Crippen molar-refractivity contribution in [2.24, 2.45) is 0 Å². The first-order valence-electron chi connectivity index (χ1n) is 8.57. The number of rotatable bonds is 5. The average molecular weight is 344 g/mol. The predicted octanol–water partition coefficient (Wildman–Crippen LogP) is 5.42. The van der Waals surface area contributed by atoms with Gasteiger partial charge in [-0.2, -0.15) is 0 Å². The van der Waals surface area contributed by atoms with E-state index in [9.17, 15) is 0 Å². The van der Waals surface area contributed by atoms with Crippen LogP contribution in [0.1, 0.15) is 11.1 Å². The molecule has 26 heavy (non-hydrogen) atoms. The van der Waals surface area contributed by atoms with Gasteiger partial charge in [-0.3, -0.25) is 0 Å². The third kappa shape index (κ3) is 3.14. The molecule has 0 radical (unpaired) electrons. The summed E-state index contributed by atoms with van der Waals surface area (Å²) in [6.45, 7) is 2.62. The molecule has 0 unspecified atom stereocenters. The van der Waals surface area contributed by atoms with Gasteiger partial charge < -0.3 is 14.5 Å². The van der Waals surface area contributed by atoms with E-state index in [0.717, 1.165) is 33.7 Å². The fraction of sp³-hybridized carbons (Fsp3) is 0.136. The predicted molar refractivity (Wildman–Crippen MR) is 105 cm³/mol. The Morgan fingerprint density at radius 3 is 2.73 bits per heavy atom. The highest BCUT2D eigenvalue weighted by molar-refractivity contribution is 5.80. The zero-order valence-electron chi connectivity index (χ0n) is 14.8. The Hall–Kier alpha value is -3.27. The number of oxazole rings is 1. The maximum atomic E-state index is 6.08. The molecule has 4 rings (SSSR count). The SMILES string of the molecule is CNc1cccc(C)c1COc1cccc(-c2ccc3ocnc3c2)c1. The van der Waals surface area contributed by atoms with Crippen LogP contribution in [0.15, 0.2) is 71.5 Å². The molecular formula is C22H20N2O2. The third-order valence-electron chi connectivity index (χ3n) is 4.56. The lowest BCUT2D eigenvalue weighted by Gasteiger charge is -2.14. The van der Waals surface area contributed by atoms with E-state index >= 15 is 0 Å². The van der Waals surface area contributed by atoms with Crippen molar-refractivity contribution in [3.05, 3.63) is 78.2 Å². The first-order chi connectivity index (χ1) is 12.7. The molecule has 0 saturated heterocycles. The second-order valence-electron chi connectivity index (χ2n) is 6.20. The van der Waals surface area contributed by atoms with Gasteiger partial charge >= 0.3 is 0 Å². The molecule has 4 heteroatoms.